The van der Waals surface area contributed by atoms with Gasteiger partial charge in [-0.15, -0.1) is 0 Å². The SMILES string of the molecule is COc1ccc(NC(=O)c2cc(C)nn2C)cc1OC. The summed E-state index contributed by atoms with van der Waals surface area (Å²) in [7, 11) is 4.85. The number of carbonyl (C=O) groups excluding carboxylic acids is 1. The number of ether oxygens (including phenoxy) is 2. The molecule has 1 aromatic carbocycles. The topological polar surface area (TPSA) is 65.4 Å². The minimum absolute atomic E-state index is 0.222. The zero-order chi connectivity index (χ0) is 14.7. The quantitative estimate of drug-likeness (QED) is 0.926. The maximum Gasteiger partial charge on any atom is 0.273 e. The number of hydrogen-bond donors (Lipinski definition) is 1. The third-order valence-corrected chi connectivity index (χ3v) is 2.88. The molecule has 106 valence electrons. The van der Waals surface area contributed by atoms with Crippen LogP contribution in [0.1, 0.15) is 16.2 Å². The third kappa shape index (κ3) is 2.74. The Morgan fingerprint density at radius 3 is 2.45 bits per heavy atom. The monoisotopic (exact) mass is 275 g/mol. The number of hydrogen-bond acceptors (Lipinski definition) is 4. The Kier molecular flexibility index (Phi) is 3.93. The second kappa shape index (κ2) is 5.64. The van der Waals surface area contributed by atoms with Crippen molar-refractivity contribution in [2.75, 3.05) is 19.5 Å². The highest BCUT2D eigenvalue weighted by atomic mass is 16.5. The number of benzene rings is 1. The highest BCUT2D eigenvalue weighted by Crippen LogP contribution is 2.29. The number of nitrogens with zero attached hydrogens (tertiary/aromatic N) is 2. The van der Waals surface area contributed by atoms with E-state index < -0.39 is 0 Å². The smallest absolute Gasteiger partial charge is 0.273 e. The fraction of sp³-hybridized carbons (Fsp3) is 0.286. The molecule has 6 nitrogen and oxygen atoms in total. The standard InChI is InChI=1S/C14H17N3O3/c1-9-7-11(17(2)16-9)14(18)15-10-5-6-12(19-3)13(8-10)20-4/h5-8H,1-4H3,(H,15,18). The van der Waals surface area contributed by atoms with E-state index in [1.54, 1.807) is 50.2 Å². The molecule has 1 N–H and O–H groups in total. The largest absolute Gasteiger partial charge is 0.493 e. The molecule has 0 saturated heterocycles. The van der Waals surface area contributed by atoms with Crippen LogP contribution in [0.25, 0.3) is 0 Å². The first-order valence-corrected chi connectivity index (χ1v) is 6.09. The van der Waals surface area contributed by atoms with E-state index in [4.69, 9.17) is 9.47 Å². The fourth-order valence-electron chi connectivity index (χ4n) is 1.93. The number of aromatic nitrogens is 2. The minimum atomic E-state index is -0.222. The van der Waals surface area contributed by atoms with Crippen molar-refractivity contribution in [1.29, 1.82) is 0 Å². The molecule has 1 aromatic heterocycles. The summed E-state index contributed by atoms with van der Waals surface area (Å²) in [6.07, 6.45) is 0. The van der Waals surface area contributed by atoms with Gasteiger partial charge in [-0.3, -0.25) is 9.48 Å². The van der Waals surface area contributed by atoms with Crippen LogP contribution in [0, 0.1) is 6.92 Å². The van der Waals surface area contributed by atoms with Crippen molar-refractivity contribution in [2.24, 2.45) is 7.05 Å². The van der Waals surface area contributed by atoms with Crippen molar-refractivity contribution in [1.82, 2.24) is 9.78 Å². The lowest BCUT2D eigenvalue weighted by molar-refractivity contribution is 0.101. The zero-order valence-corrected chi connectivity index (χ0v) is 11.9. The maximum atomic E-state index is 12.2. The van der Waals surface area contributed by atoms with Gasteiger partial charge in [-0.25, -0.2) is 0 Å². The van der Waals surface area contributed by atoms with Crippen LogP contribution in [0.5, 0.6) is 11.5 Å². The molecule has 0 aliphatic carbocycles. The average molecular weight is 275 g/mol. The summed E-state index contributed by atoms with van der Waals surface area (Å²) >= 11 is 0. The van der Waals surface area contributed by atoms with E-state index in [-0.39, 0.29) is 5.91 Å². The first-order valence-electron chi connectivity index (χ1n) is 6.09. The van der Waals surface area contributed by atoms with Crippen molar-refractivity contribution >= 4 is 11.6 Å². The number of carbonyl (C=O) groups is 1. The number of rotatable bonds is 4. The van der Waals surface area contributed by atoms with Gasteiger partial charge in [-0.1, -0.05) is 0 Å². The van der Waals surface area contributed by atoms with Crippen LogP contribution in [0.3, 0.4) is 0 Å². The minimum Gasteiger partial charge on any atom is -0.493 e. The van der Waals surface area contributed by atoms with E-state index in [1.807, 2.05) is 6.92 Å². The van der Waals surface area contributed by atoms with Crippen molar-refractivity contribution in [3.8, 4) is 11.5 Å². The molecule has 1 heterocycles. The lowest BCUT2D eigenvalue weighted by atomic mass is 10.2. The molecule has 20 heavy (non-hydrogen) atoms. The van der Waals surface area contributed by atoms with Gasteiger partial charge in [-0.2, -0.15) is 5.10 Å². The molecule has 2 aromatic rings. The molecular weight excluding hydrogens is 258 g/mol. The summed E-state index contributed by atoms with van der Waals surface area (Å²) in [6.45, 7) is 1.84. The predicted octanol–water partition coefficient (Wildman–Crippen LogP) is 2.00. The van der Waals surface area contributed by atoms with Gasteiger partial charge in [0.25, 0.3) is 5.91 Å². The zero-order valence-electron chi connectivity index (χ0n) is 11.9. The van der Waals surface area contributed by atoms with Crippen LogP contribution in [-0.4, -0.2) is 29.9 Å². The first-order chi connectivity index (χ1) is 9.55. The molecule has 0 unspecified atom stereocenters. The van der Waals surface area contributed by atoms with Gasteiger partial charge in [-0.05, 0) is 25.1 Å². The molecule has 0 bridgehead atoms. The second-order valence-corrected chi connectivity index (χ2v) is 4.32. The maximum absolute atomic E-state index is 12.2. The normalized spacial score (nSPS) is 10.2. The first kappa shape index (κ1) is 13.9. The summed E-state index contributed by atoms with van der Waals surface area (Å²) in [5.74, 6) is 0.952. The highest BCUT2D eigenvalue weighted by molar-refractivity contribution is 6.03. The summed E-state index contributed by atoms with van der Waals surface area (Å²) < 4.78 is 11.9. The Balaban J connectivity index is 2.22. The lowest BCUT2D eigenvalue weighted by Crippen LogP contribution is -2.16. The summed E-state index contributed by atoms with van der Waals surface area (Å²) in [5.41, 5.74) is 1.92. The number of amides is 1. The number of nitrogens with one attached hydrogen (secondary N) is 1. The number of anilines is 1. The van der Waals surface area contributed by atoms with Gasteiger partial charge < -0.3 is 14.8 Å². The van der Waals surface area contributed by atoms with Crippen LogP contribution >= 0.6 is 0 Å². The molecule has 0 aliphatic rings. The molecule has 0 spiro atoms. The van der Waals surface area contributed by atoms with E-state index in [0.29, 0.717) is 22.9 Å². The van der Waals surface area contributed by atoms with E-state index >= 15 is 0 Å². The molecule has 0 radical (unpaired) electrons. The van der Waals surface area contributed by atoms with E-state index in [9.17, 15) is 4.79 Å². The molecule has 0 atom stereocenters. The fourth-order valence-corrected chi connectivity index (χ4v) is 1.93. The average Bonchev–Trinajstić information content (AvgIpc) is 2.77. The molecular formula is C14H17N3O3. The summed E-state index contributed by atoms with van der Waals surface area (Å²) in [5, 5.41) is 6.95. The second-order valence-electron chi connectivity index (χ2n) is 4.32. The molecule has 0 aliphatic heterocycles. The Hall–Kier alpha value is -2.50. The number of methoxy groups -OCH3 is 2. The van der Waals surface area contributed by atoms with Crippen molar-refractivity contribution in [3.63, 3.8) is 0 Å². The van der Waals surface area contributed by atoms with Crippen LogP contribution in [0.15, 0.2) is 24.3 Å². The summed E-state index contributed by atoms with van der Waals surface area (Å²) in [4.78, 5) is 12.2. The van der Waals surface area contributed by atoms with Crippen LogP contribution in [0.2, 0.25) is 0 Å². The summed E-state index contributed by atoms with van der Waals surface area (Å²) in [6, 6.07) is 6.93. The van der Waals surface area contributed by atoms with Gasteiger partial charge in [0.1, 0.15) is 5.69 Å². The Morgan fingerprint density at radius 2 is 1.90 bits per heavy atom. The molecule has 6 heteroatoms. The Bertz CT molecular complexity index is 635. The highest BCUT2D eigenvalue weighted by Gasteiger charge is 2.13. The molecule has 0 fully saturated rings. The van der Waals surface area contributed by atoms with Gasteiger partial charge in [0, 0.05) is 18.8 Å². The Labute approximate surface area is 117 Å². The van der Waals surface area contributed by atoms with E-state index in [1.165, 1.54) is 0 Å². The van der Waals surface area contributed by atoms with Crippen molar-refractivity contribution in [2.45, 2.75) is 6.92 Å². The van der Waals surface area contributed by atoms with Crippen molar-refractivity contribution < 1.29 is 14.3 Å². The van der Waals surface area contributed by atoms with Crippen LogP contribution in [-0.2, 0) is 7.05 Å². The molecule has 1 amide bonds. The van der Waals surface area contributed by atoms with Gasteiger partial charge in [0.15, 0.2) is 11.5 Å². The van der Waals surface area contributed by atoms with E-state index in [0.717, 1.165) is 5.69 Å². The number of aryl methyl sites for hydroxylation is 2. The molecule has 0 saturated carbocycles. The molecule has 2 rings (SSSR count). The lowest BCUT2D eigenvalue weighted by Gasteiger charge is -2.10. The van der Waals surface area contributed by atoms with Crippen LogP contribution < -0.4 is 14.8 Å². The predicted molar refractivity (Wildman–Crippen MR) is 75.4 cm³/mol. The van der Waals surface area contributed by atoms with Gasteiger partial charge >= 0.3 is 0 Å². The van der Waals surface area contributed by atoms with Gasteiger partial charge in [0.05, 0.1) is 19.9 Å². The van der Waals surface area contributed by atoms with E-state index in [2.05, 4.69) is 10.4 Å². The third-order valence-electron chi connectivity index (χ3n) is 2.88. The Morgan fingerprint density at radius 1 is 1.20 bits per heavy atom. The van der Waals surface area contributed by atoms with Crippen LogP contribution in [0.4, 0.5) is 5.69 Å². The van der Waals surface area contributed by atoms with Gasteiger partial charge in [0.2, 0.25) is 0 Å². The van der Waals surface area contributed by atoms with Crippen molar-refractivity contribution in [3.05, 3.63) is 35.7 Å².